The summed E-state index contributed by atoms with van der Waals surface area (Å²) in [6.07, 6.45) is 5.71. The molecule has 6 rings (SSSR count). The molecule has 38 heavy (non-hydrogen) atoms. The fraction of sp³-hybridized carbons (Fsp3) is 0.333. The van der Waals surface area contributed by atoms with Gasteiger partial charge in [0.25, 0.3) is 5.56 Å². The van der Waals surface area contributed by atoms with E-state index in [1.54, 1.807) is 11.3 Å². The van der Waals surface area contributed by atoms with Gasteiger partial charge in [-0.15, -0.1) is 16.4 Å². The van der Waals surface area contributed by atoms with Crippen LogP contribution in [0.15, 0.2) is 76.9 Å². The number of rotatable bonds is 8. The normalized spacial score (nSPS) is 15.3. The molecule has 1 fully saturated rings. The van der Waals surface area contributed by atoms with E-state index in [-0.39, 0.29) is 11.6 Å². The van der Waals surface area contributed by atoms with Gasteiger partial charge in [-0.1, -0.05) is 67.3 Å². The van der Waals surface area contributed by atoms with Crippen molar-refractivity contribution in [2.45, 2.75) is 64.2 Å². The minimum Gasteiger partial charge on any atom is -0.322 e. The number of thiophene rings is 1. The summed E-state index contributed by atoms with van der Waals surface area (Å²) in [6.45, 7) is 3.41. The van der Waals surface area contributed by atoms with E-state index in [1.807, 2.05) is 28.9 Å². The molecule has 0 bridgehead atoms. The molecule has 0 unspecified atom stereocenters. The third-order valence-corrected chi connectivity index (χ3v) is 8.40. The molecule has 8 heteroatoms. The van der Waals surface area contributed by atoms with Gasteiger partial charge >= 0.3 is 0 Å². The predicted molar refractivity (Wildman–Crippen MR) is 151 cm³/mol. The lowest BCUT2D eigenvalue weighted by Gasteiger charge is -2.32. The van der Waals surface area contributed by atoms with Crippen LogP contribution in [0.4, 0.5) is 0 Å². The van der Waals surface area contributed by atoms with Crippen LogP contribution >= 0.6 is 11.3 Å². The SMILES string of the molecule is Cc1ccc2[nH]c(=O)c([C@H](c3nnnn3C3CCCCC3)N(Cc3ccccc3)Cc3cccs3)cc2c1. The van der Waals surface area contributed by atoms with Crippen molar-refractivity contribution in [2.75, 3.05) is 0 Å². The highest BCUT2D eigenvalue weighted by atomic mass is 32.1. The highest BCUT2D eigenvalue weighted by molar-refractivity contribution is 7.09. The minimum atomic E-state index is -0.414. The molecule has 194 valence electrons. The van der Waals surface area contributed by atoms with E-state index >= 15 is 0 Å². The number of nitrogens with zero attached hydrogens (tertiary/aromatic N) is 5. The number of pyridine rings is 1. The van der Waals surface area contributed by atoms with Gasteiger partial charge in [0.05, 0.1) is 6.04 Å². The van der Waals surface area contributed by atoms with Gasteiger partial charge in [-0.3, -0.25) is 9.69 Å². The summed E-state index contributed by atoms with van der Waals surface area (Å²) in [5.74, 6) is 0.738. The lowest BCUT2D eigenvalue weighted by molar-refractivity contribution is 0.188. The van der Waals surface area contributed by atoms with Gasteiger partial charge in [-0.25, -0.2) is 4.68 Å². The van der Waals surface area contributed by atoms with Gasteiger partial charge < -0.3 is 4.98 Å². The Labute approximate surface area is 226 Å². The Balaban J connectivity index is 1.53. The number of benzene rings is 2. The zero-order valence-electron chi connectivity index (χ0n) is 21.6. The van der Waals surface area contributed by atoms with E-state index in [0.717, 1.165) is 35.1 Å². The summed E-state index contributed by atoms with van der Waals surface area (Å²) in [4.78, 5) is 20.5. The molecule has 7 nitrogen and oxygen atoms in total. The summed E-state index contributed by atoms with van der Waals surface area (Å²) in [7, 11) is 0. The first-order valence-electron chi connectivity index (χ1n) is 13.4. The zero-order valence-corrected chi connectivity index (χ0v) is 22.4. The van der Waals surface area contributed by atoms with E-state index in [9.17, 15) is 4.79 Å². The number of hydrogen-bond acceptors (Lipinski definition) is 6. The van der Waals surface area contributed by atoms with E-state index in [4.69, 9.17) is 0 Å². The van der Waals surface area contributed by atoms with Crippen LogP contribution in [-0.4, -0.2) is 30.1 Å². The number of hydrogen-bond donors (Lipinski definition) is 1. The van der Waals surface area contributed by atoms with E-state index < -0.39 is 6.04 Å². The maximum absolute atomic E-state index is 13.7. The van der Waals surface area contributed by atoms with Gasteiger partial charge in [0.1, 0.15) is 6.04 Å². The molecule has 0 aliphatic heterocycles. The largest absolute Gasteiger partial charge is 0.322 e. The highest BCUT2D eigenvalue weighted by Gasteiger charge is 2.33. The van der Waals surface area contributed by atoms with Crippen LogP contribution in [0.25, 0.3) is 10.9 Å². The van der Waals surface area contributed by atoms with Crippen LogP contribution in [0, 0.1) is 6.92 Å². The molecule has 1 aliphatic rings. The van der Waals surface area contributed by atoms with Crippen molar-refractivity contribution in [1.29, 1.82) is 0 Å². The molecule has 5 aromatic rings. The molecular weight excluding hydrogens is 492 g/mol. The second kappa shape index (κ2) is 11.0. The van der Waals surface area contributed by atoms with Gasteiger partial charge in [0.2, 0.25) is 0 Å². The van der Waals surface area contributed by atoms with Crippen molar-refractivity contribution in [3.8, 4) is 0 Å². The Morgan fingerprint density at radius 3 is 2.66 bits per heavy atom. The maximum Gasteiger partial charge on any atom is 0.253 e. The summed E-state index contributed by atoms with van der Waals surface area (Å²) < 4.78 is 2.01. The topological polar surface area (TPSA) is 79.7 Å². The molecule has 1 N–H and O–H groups in total. The average Bonchev–Trinajstić information content (AvgIpc) is 3.63. The quantitative estimate of drug-likeness (QED) is 0.262. The van der Waals surface area contributed by atoms with Crippen molar-refractivity contribution in [3.05, 3.63) is 110 Å². The standard InChI is InChI=1S/C30H32N6OS/c1-21-14-15-27-23(17-21)18-26(30(37)31-27)28(29-32-33-34-36(29)24-11-6-3-7-12-24)35(20-25-13-8-16-38-25)19-22-9-4-2-5-10-22/h2,4-5,8-10,13-18,24,28H,3,6-7,11-12,19-20H2,1H3,(H,31,37)/t28-/m1/s1. The molecule has 0 saturated heterocycles. The molecule has 1 saturated carbocycles. The molecule has 3 aromatic heterocycles. The van der Waals surface area contributed by atoms with Crippen LogP contribution in [0.1, 0.15) is 71.6 Å². The molecule has 3 heterocycles. The lowest BCUT2D eigenvalue weighted by atomic mass is 9.95. The van der Waals surface area contributed by atoms with Crippen LogP contribution < -0.4 is 5.56 Å². The minimum absolute atomic E-state index is 0.103. The molecule has 2 aromatic carbocycles. The Kier molecular flexibility index (Phi) is 7.16. The third-order valence-electron chi connectivity index (χ3n) is 7.54. The van der Waals surface area contributed by atoms with Gasteiger partial charge in [-0.05, 0) is 70.8 Å². The van der Waals surface area contributed by atoms with E-state index in [2.05, 4.69) is 80.2 Å². The molecular formula is C30H32N6OS. The van der Waals surface area contributed by atoms with Crippen LogP contribution in [0.3, 0.4) is 0 Å². The highest BCUT2D eigenvalue weighted by Crippen LogP contribution is 2.35. The van der Waals surface area contributed by atoms with E-state index in [0.29, 0.717) is 18.7 Å². The average molecular weight is 525 g/mol. The lowest BCUT2D eigenvalue weighted by Crippen LogP contribution is -2.35. The molecule has 0 radical (unpaired) electrons. The van der Waals surface area contributed by atoms with E-state index in [1.165, 1.54) is 29.7 Å². The van der Waals surface area contributed by atoms with Crippen molar-refractivity contribution >= 4 is 22.2 Å². The zero-order chi connectivity index (χ0) is 25.9. The second-order valence-electron chi connectivity index (χ2n) is 10.3. The van der Waals surface area contributed by atoms with Crippen LogP contribution in [0.5, 0.6) is 0 Å². The molecule has 1 aliphatic carbocycles. The molecule has 0 amide bonds. The number of aryl methyl sites for hydroxylation is 1. The fourth-order valence-electron chi connectivity index (χ4n) is 5.67. The second-order valence-corrected chi connectivity index (χ2v) is 11.3. The third kappa shape index (κ3) is 5.19. The predicted octanol–water partition coefficient (Wildman–Crippen LogP) is 6.18. The smallest absolute Gasteiger partial charge is 0.253 e. The first kappa shape index (κ1) is 24.7. The Bertz CT molecular complexity index is 1550. The first-order chi connectivity index (χ1) is 18.7. The van der Waals surface area contributed by atoms with Crippen molar-refractivity contribution in [2.24, 2.45) is 0 Å². The number of tetrazole rings is 1. The molecule has 0 spiro atoms. The number of nitrogens with one attached hydrogen (secondary N) is 1. The first-order valence-corrected chi connectivity index (χ1v) is 14.3. The number of aromatic amines is 1. The van der Waals surface area contributed by atoms with Crippen LogP contribution in [-0.2, 0) is 13.1 Å². The number of H-pyrrole nitrogens is 1. The fourth-order valence-corrected chi connectivity index (χ4v) is 6.40. The van der Waals surface area contributed by atoms with Gasteiger partial charge in [0.15, 0.2) is 5.82 Å². The Morgan fingerprint density at radius 2 is 1.87 bits per heavy atom. The monoisotopic (exact) mass is 524 g/mol. The number of aromatic nitrogens is 5. The molecule has 1 atom stereocenters. The van der Waals surface area contributed by atoms with Crippen molar-refractivity contribution in [1.82, 2.24) is 30.1 Å². The number of fused-ring (bicyclic) bond motifs is 1. The van der Waals surface area contributed by atoms with Gasteiger partial charge in [0, 0.05) is 29.0 Å². The summed E-state index contributed by atoms with van der Waals surface area (Å²) in [5, 5.41) is 16.4. The summed E-state index contributed by atoms with van der Waals surface area (Å²) in [5.41, 5.74) is 3.73. The Hall–Kier alpha value is -3.62. The Morgan fingerprint density at radius 1 is 1.03 bits per heavy atom. The van der Waals surface area contributed by atoms with Crippen molar-refractivity contribution < 1.29 is 0 Å². The summed E-state index contributed by atoms with van der Waals surface area (Å²) in [6, 6.07) is 22.7. The summed E-state index contributed by atoms with van der Waals surface area (Å²) >= 11 is 1.73. The van der Waals surface area contributed by atoms with Crippen molar-refractivity contribution in [3.63, 3.8) is 0 Å². The van der Waals surface area contributed by atoms with Crippen LogP contribution in [0.2, 0.25) is 0 Å². The van der Waals surface area contributed by atoms with Gasteiger partial charge in [-0.2, -0.15) is 0 Å². The maximum atomic E-state index is 13.7.